The van der Waals surface area contributed by atoms with Crippen LogP contribution in [0.4, 0.5) is 4.79 Å². The summed E-state index contributed by atoms with van der Waals surface area (Å²) in [7, 11) is 0. The molecule has 1 rings (SSSR count). The van der Waals surface area contributed by atoms with E-state index in [9.17, 15) is 9.59 Å². The molecule has 1 aliphatic rings. The molecule has 1 fully saturated rings. The van der Waals surface area contributed by atoms with E-state index in [1.54, 1.807) is 27.7 Å². The lowest BCUT2D eigenvalue weighted by Crippen LogP contribution is -2.56. The van der Waals surface area contributed by atoms with Crippen LogP contribution in [0.15, 0.2) is 5.10 Å². The van der Waals surface area contributed by atoms with Crippen LogP contribution in [0.2, 0.25) is 0 Å². The first-order chi connectivity index (χ1) is 8.29. The standard InChI is InChI=1S/C11H20N4O3/c1-7(8-9(16)13-6-5-12-8)14-15-10(17)18-11(2,3)4/h8,12H,5-6H2,1-4H3,(H,13,16)(H,15,17)/b14-7+. The smallest absolute Gasteiger partial charge is 0.428 e. The highest BCUT2D eigenvalue weighted by atomic mass is 16.6. The molecule has 1 unspecified atom stereocenters. The van der Waals surface area contributed by atoms with Gasteiger partial charge >= 0.3 is 6.09 Å². The van der Waals surface area contributed by atoms with Crippen molar-refractivity contribution < 1.29 is 14.3 Å². The van der Waals surface area contributed by atoms with Crippen LogP contribution in [-0.2, 0) is 9.53 Å². The third-order valence-corrected chi connectivity index (χ3v) is 2.18. The number of nitrogens with one attached hydrogen (secondary N) is 3. The van der Waals surface area contributed by atoms with Crippen LogP contribution < -0.4 is 16.1 Å². The van der Waals surface area contributed by atoms with Crippen molar-refractivity contribution in [1.82, 2.24) is 16.1 Å². The van der Waals surface area contributed by atoms with Crippen LogP contribution in [0.3, 0.4) is 0 Å². The van der Waals surface area contributed by atoms with Crippen molar-refractivity contribution in [3.63, 3.8) is 0 Å². The molecule has 1 heterocycles. The zero-order valence-electron chi connectivity index (χ0n) is 11.2. The minimum Gasteiger partial charge on any atom is -0.443 e. The molecule has 1 aliphatic heterocycles. The molecular weight excluding hydrogens is 236 g/mol. The van der Waals surface area contributed by atoms with Crippen molar-refractivity contribution in [2.45, 2.75) is 39.3 Å². The van der Waals surface area contributed by atoms with E-state index in [4.69, 9.17) is 4.74 Å². The van der Waals surface area contributed by atoms with Gasteiger partial charge in [-0.05, 0) is 27.7 Å². The lowest BCUT2D eigenvalue weighted by atomic mass is 10.1. The summed E-state index contributed by atoms with van der Waals surface area (Å²) in [5.74, 6) is -0.145. The van der Waals surface area contributed by atoms with Gasteiger partial charge in [0.1, 0.15) is 11.6 Å². The number of hydrogen-bond acceptors (Lipinski definition) is 5. The SMILES string of the molecule is C/C(=N\NC(=O)OC(C)(C)C)C1NCCNC1=O. The van der Waals surface area contributed by atoms with E-state index in [1.807, 2.05) is 0 Å². The Morgan fingerprint density at radius 3 is 2.67 bits per heavy atom. The fraction of sp³-hybridized carbons (Fsp3) is 0.727. The van der Waals surface area contributed by atoms with Crippen LogP contribution in [0.25, 0.3) is 0 Å². The Morgan fingerprint density at radius 1 is 1.44 bits per heavy atom. The summed E-state index contributed by atoms with van der Waals surface area (Å²) >= 11 is 0. The largest absolute Gasteiger partial charge is 0.443 e. The highest BCUT2D eigenvalue weighted by Crippen LogP contribution is 2.06. The Morgan fingerprint density at radius 2 is 2.11 bits per heavy atom. The fourth-order valence-corrected chi connectivity index (χ4v) is 1.43. The molecule has 0 bridgehead atoms. The number of ether oxygens (including phenoxy) is 1. The first kappa shape index (κ1) is 14.4. The molecule has 3 N–H and O–H groups in total. The number of nitrogens with zero attached hydrogens (tertiary/aromatic N) is 1. The van der Waals surface area contributed by atoms with Gasteiger partial charge < -0.3 is 10.1 Å². The van der Waals surface area contributed by atoms with Gasteiger partial charge in [-0.1, -0.05) is 0 Å². The quantitative estimate of drug-likeness (QED) is 0.478. The van der Waals surface area contributed by atoms with E-state index < -0.39 is 17.7 Å². The summed E-state index contributed by atoms with van der Waals surface area (Å²) in [6, 6.07) is -0.506. The van der Waals surface area contributed by atoms with Crippen LogP contribution in [0, 0.1) is 0 Å². The number of carbonyl (C=O) groups excluding carboxylic acids is 2. The molecular formula is C11H20N4O3. The summed E-state index contributed by atoms with van der Waals surface area (Å²) < 4.78 is 5.02. The first-order valence-corrected chi connectivity index (χ1v) is 5.84. The second kappa shape index (κ2) is 5.81. The number of hydrogen-bond donors (Lipinski definition) is 3. The predicted molar refractivity (Wildman–Crippen MR) is 67.3 cm³/mol. The molecule has 102 valence electrons. The second-order valence-corrected chi connectivity index (χ2v) is 5.05. The predicted octanol–water partition coefficient (Wildman–Crippen LogP) is -0.0250. The maximum absolute atomic E-state index is 11.5. The Labute approximate surface area is 106 Å². The monoisotopic (exact) mass is 256 g/mol. The fourth-order valence-electron chi connectivity index (χ4n) is 1.43. The molecule has 7 heteroatoms. The molecule has 0 radical (unpaired) electrons. The van der Waals surface area contributed by atoms with Crippen LogP contribution >= 0.6 is 0 Å². The van der Waals surface area contributed by atoms with Crippen LogP contribution in [0.5, 0.6) is 0 Å². The highest BCUT2D eigenvalue weighted by Gasteiger charge is 2.24. The summed E-state index contributed by atoms with van der Waals surface area (Å²) in [4.78, 5) is 22.9. The topological polar surface area (TPSA) is 91.8 Å². The number of piperazine rings is 1. The van der Waals surface area contributed by atoms with Gasteiger partial charge in [0.15, 0.2) is 0 Å². The average molecular weight is 256 g/mol. The third kappa shape index (κ3) is 4.70. The summed E-state index contributed by atoms with van der Waals surface area (Å²) in [6.07, 6.45) is -0.641. The molecule has 0 spiro atoms. The van der Waals surface area contributed by atoms with Gasteiger partial charge in [0.25, 0.3) is 0 Å². The number of carbonyl (C=O) groups is 2. The first-order valence-electron chi connectivity index (χ1n) is 5.84. The van der Waals surface area contributed by atoms with E-state index in [0.717, 1.165) is 0 Å². The Kier molecular flexibility index (Phi) is 4.66. The van der Waals surface area contributed by atoms with Crippen molar-refractivity contribution in [3.05, 3.63) is 0 Å². The highest BCUT2D eigenvalue weighted by molar-refractivity contribution is 6.07. The van der Waals surface area contributed by atoms with E-state index in [-0.39, 0.29) is 5.91 Å². The number of rotatable bonds is 2. The minimum atomic E-state index is -0.641. The molecule has 0 aromatic rings. The third-order valence-electron chi connectivity index (χ3n) is 2.18. The molecule has 0 aliphatic carbocycles. The normalized spacial score (nSPS) is 21.2. The van der Waals surface area contributed by atoms with Crippen molar-refractivity contribution in [2.24, 2.45) is 5.10 Å². The zero-order valence-corrected chi connectivity index (χ0v) is 11.2. The minimum absolute atomic E-state index is 0.145. The van der Waals surface area contributed by atoms with Gasteiger partial charge in [0.2, 0.25) is 5.91 Å². The Bertz CT molecular complexity index is 360. The molecule has 7 nitrogen and oxygen atoms in total. The van der Waals surface area contributed by atoms with Gasteiger partial charge in [-0.15, -0.1) is 0 Å². The maximum Gasteiger partial charge on any atom is 0.428 e. The molecule has 1 atom stereocenters. The molecule has 2 amide bonds. The number of hydrazone groups is 1. The lowest BCUT2D eigenvalue weighted by Gasteiger charge is -2.23. The van der Waals surface area contributed by atoms with Gasteiger partial charge in [-0.3, -0.25) is 10.1 Å². The Hall–Kier alpha value is -1.63. The van der Waals surface area contributed by atoms with E-state index in [0.29, 0.717) is 18.8 Å². The van der Waals surface area contributed by atoms with Crippen molar-refractivity contribution in [1.29, 1.82) is 0 Å². The maximum atomic E-state index is 11.5. The zero-order chi connectivity index (χ0) is 13.8. The molecule has 0 saturated carbocycles. The molecule has 1 saturated heterocycles. The lowest BCUT2D eigenvalue weighted by molar-refractivity contribution is -0.122. The van der Waals surface area contributed by atoms with Crippen molar-refractivity contribution in [3.8, 4) is 0 Å². The summed E-state index contributed by atoms with van der Waals surface area (Å²) in [5.41, 5.74) is 2.17. The van der Waals surface area contributed by atoms with Gasteiger partial charge in [-0.2, -0.15) is 5.10 Å². The molecule has 0 aromatic carbocycles. The second-order valence-electron chi connectivity index (χ2n) is 5.05. The van der Waals surface area contributed by atoms with E-state index in [2.05, 4.69) is 21.2 Å². The summed E-state index contributed by atoms with van der Waals surface area (Å²) in [5, 5.41) is 9.57. The molecule has 18 heavy (non-hydrogen) atoms. The summed E-state index contributed by atoms with van der Waals surface area (Å²) in [6.45, 7) is 8.23. The molecule has 0 aromatic heterocycles. The number of amides is 2. The van der Waals surface area contributed by atoms with Gasteiger partial charge in [-0.25, -0.2) is 10.2 Å². The Balaban J connectivity index is 2.50. The van der Waals surface area contributed by atoms with Crippen molar-refractivity contribution >= 4 is 17.7 Å². The van der Waals surface area contributed by atoms with Crippen LogP contribution in [-0.4, -0.2) is 42.4 Å². The van der Waals surface area contributed by atoms with Gasteiger partial charge in [0, 0.05) is 13.1 Å². The van der Waals surface area contributed by atoms with Crippen molar-refractivity contribution in [2.75, 3.05) is 13.1 Å². The van der Waals surface area contributed by atoms with Crippen LogP contribution in [0.1, 0.15) is 27.7 Å². The van der Waals surface area contributed by atoms with E-state index >= 15 is 0 Å². The average Bonchev–Trinajstić information content (AvgIpc) is 2.24. The van der Waals surface area contributed by atoms with E-state index in [1.165, 1.54) is 0 Å². The van der Waals surface area contributed by atoms with Gasteiger partial charge in [0.05, 0.1) is 5.71 Å².